The Bertz CT molecular complexity index is 562. The second-order valence-corrected chi connectivity index (χ2v) is 10.8. The van der Waals surface area contributed by atoms with Gasteiger partial charge < -0.3 is 17.1 Å². The summed E-state index contributed by atoms with van der Waals surface area (Å²) < 4.78 is 28.7. The first-order valence-electron chi connectivity index (χ1n) is 13.4. The minimum atomic E-state index is -4.84. The van der Waals surface area contributed by atoms with E-state index < -0.39 is 33.7 Å². The fourth-order valence-corrected chi connectivity index (χ4v) is 4.34. The van der Waals surface area contributed by atoms with Crippen molar-refractivity contribution in [1.29, 1.82) is 0 Å². The number of unbranched alkanes of at least 4 members (excludes halogenated alkanes) is 19. The van der Waals surface area contributed by atoms with Crippen molar-refractivity contribution in [3.8, 4) is 0 Å². The average molecular weight is 531 g/mol. The molecule has 0 heterocycles. The van der Waals surface area contributed by atoms with Gasteiger partial charge in [0.15, 0.2) is 5.25 Å². The molecular formula is C26H51NaO7S. The molecule has 3 N–H and O–H groups in total. The maximum atomic E-state index is 10.2. The maximum absolute atomic E-state index is 10.2. The van der Waals surface area contributed by atoms with E-state index in [1.54, 1.807) is 0 Å². The molecule has 35 heavy (non-hydrogen) atoms. The van der Waals surface area contributed by atoms with Crippen LogP contribution >= 0.6 is 0 Å². The molecule has 0 saturated heterocycles. The van der Waals surface area contributed by atoms with Crippen LogP contribution in [0.5, 0.6) is 0 Å². The van der Waals surface area contributed by atoms with Crippen LogP contribution in [0.2, 0.25) is 0 Å². The molecule has 0 aliphatic heterocycles. The van der Waals surface area contributed by atoms with Gasteiger partial charge in [0.05, 0.1) is 6.42 Å². The molecule has 0 aliphatic carbocycles. The zero-order valence-corrected chi connectivity index (χ0v) is 25.3. The Hall–Kier alpha value is -0.150. The summed E-state index contributed by atoms with van der Waals surface area (Å²) in [4.78, 5) is 20.0. The Morgan fingerprint density at radius 1 is 0.657 bits per heavy atom. The molecule has 0 aromatic rings. The van der Waals surface area contributed by atoms with Crippen LogP contribution in [0.15, 0.2) is 0 Å². The maximum Gasteiger partial charge on any atom is 1.00 e. The third-order valence-corrected chi connectivity index (χ3v) is 6.94. The van der Waals surface area contributed by atoms with Gasteiger partial charge in [0, 0.05) is 0 Å². The minimum absolute atomic E-state index is 0. The van der Waals surface area contributed by atoms with Crippen LogP contribution in [0.3, 0.4) is 0 Å². The summed E-state index contributed by atoms with van der Waals surface area (Å²) in [5.74, 6) is -3.50. The molecule has 0 spiro atoms. The quantitative estimate of drug-likeness (QED) is 0.0770. The molecule has 0 rings (SSSR count). The first-order chi connectivity index (χ1) is 16.2. The van der Waals surface area contributed by atoms with E-state index in [1.165, 1.54) is 122 Å². The number of aliphatic carboxylic acids is 2. The van der Waals surface area contributed by atoms with Crippen molar-refractivity contribution in [3.05, 3.63) is 6.92 Å². The molecule has 0 bridgehead atoms. The van der Waals surface area contributed by atoms with Crippen molar-refractivity contribution in [1.82, 2.24) is 0 Å². The minimum Gasteiger partial charge on any atom is -0.481 e. The van der Waals surface area contributed by atoms with Crippen molar-refractivity contribution < 1.29 is 62.3 Å². The van der Waals surface area contributed by atoms with Crippen LogP contribution in [-0.2, 0) is 19.7 Å². The summed E-state index contributed by atoms with van der Waals surface area (Å²) in [6.07, 6.45) is 27.6. The normalized spacial score (nSPS) is 11.7. The molecule has 1 unspecified atom stereocenters. The number of carboxylic acid groups (broad SMARTS) is 2. The predicted molar refractivity (Wildman–Crippen MR) is 139 cm³/mol. The van der Waals surface area contributed by atoms with Gasteiger partial charge >= 0.3 is 41.5 Å². The monoisotopic (exact) mass is 530 g/mol. The number of carboxylic acids is 2. The van der Waals surface area contributed by atoms with Crippen LogP contribution in [0.25, 0.3) is 0 Å². The zero-order chi connectivity index (χ0) is 26.1. The Labute approximate surface area is 237 Å². The molecule has 7 nitrogen and oxygen atoms in total. The van der Waals surface area contributed by atoms with Gasteiger partial charge in [-0.05, 0) is 0 Å². The van der Waals surface area contributed by atoms with Crippen molar-refractivity contribution in [3.63, 3.8) is 0 Å². The van der Waals surface area contributed by atoms with Crippen molar-refractivity contribution in [2.75, 3.05) is 0 Å². The molecular weight excluding hydrogens is 479 g/mol. The number of carbonyl (C=O) groups is 2. The van der Waals surface area contributed by atoms with Crippen LogP contribution < -0.4 is 29.6 Å². The van der Waals surface area contributed by atoms with E-state index in [9.17, 15) is 18.0 Å². The van der Waals surface area contributed by atoms with Gasteiger partial charge in [0.25, 0.3) is 10.1 Å². The molecule has 0 radical (unpaired) electrons. The van der Waals surface area contributed by atoms with Gasteiger partial charge in [-0.2, -0.15) is 14.8 Å². The van der Waals surface area contributed by atoms with E-state index in [-0.39, 0.29) is 29.6 Å². The van der Waals surface area contributed by atoms with E-state index in [4.69, 9.17) is 14.8 Å². The summed E-state index contributed by atoms with van der Waals surface area (Å²) in [6.45, 7) is 6.20. The molecule has 0 amide bonds. The third-order valence-electron chi connectivity index (χ3n) is 5.85. The first-order valence-corrected chi connectivity index (χ1v) is 14.9. The third kappa shape index (κ3) is 31.8. The fraction of sp³-hybridized carbons (Fsp3) is 0.885. The Morgan fingerprint density at radius 3 is 1.11 bits per heavy atom. The summed E-state index contributed by atoms with van der Waals surface area (Å²) in [7, 11) is -4.84. The molecule has 9 heteroatoms. The molecule has 0 aliphatic rings. The van der Waals surface area contributed by atoms with Crippen LogP contribution in [0.4, 0.5) is 0 Å². The smallest absolute Gasteiger partial charge is 0.481 e. The van der Waals surface area contributed by atoms with Crippen molar-refractivity contribution in [2.24, 2.45) is 0 Å². The summed E-state index contributed by atoms with van der Waals surface area (Å²) >= 11 is 0. The standard InChI is InChI=1S/C22H45.C4H6O7S.Na/c1-3-5-7-9-11-13-15-17-19-21-22-20-18-16-14-12-10-8-6-4-2;5-3(6)1-2(4(7)8)12(9,10)11;/h1,3-22H2,2H3;2H,1H2,(H,5,6)(H,7,8)(H,9,10,11);/q-1;;+1. The predicted octanol–water partition coefficient (Wildman–Crippen LogP) is 4.45. The van der Waals surface area contributed by atoms with Gasteiger partial charge in [-0.15, -0.1) is 0 Å². The number of hydrogen-bond donors (Lipinski definition) is 3. The molecule has 0 aromatic heterocycles. The molecule has 204 valence electrons. The fourth-order valence-electron chi connectivity index (χ4n) is 3.73. The molecule has 0 saturated carbocycles. The Kier molecular flexibility index (Phi) is 32.0. The van der Waals surface area contributed by atoms with Crippen molar-refractivity contribution >= 4 is 22.1 Å². The summed E-state index contributed by atoms with van der Waals surface area (Å²) in [6, 6.07) is 0. The van der Waals surface area contributed by atoms with Gasteiger partial charge in [0.2, 0.25) is 0 Å². The van der Waals surface area contributed by atoms with E-state index in [2.05, 4.69) is 13.8 Å². The van der Waals surface area contributed by atoms with Crippen LogP contribution in [-0.4, -0.2) is 40.4 Å². The van der Waals surface area contributed by atoms with Gasteiger partial charge in [-0.25, -0.2) is 0 Å². The second-order valence-electron chi connectivity index (χ2n) is 9.16. The zero-order valence-electron chi connectivity index (χ0n) is 22.5. The van der Waals surface area contributed by atoms with Gasteiger partial charge in [-0.1, -0.05) is 129 Å². The van der Waals surface area contributed by atoms with Crippen molar-refractivity contribution in [2.45, 2.75) is 147 Å². The van der Waals surface area contributed by atoms with Crippen LogP contribution in [0.1, 0.15) is 142 Å². The van der Waals surface area contributed by atoms with E-state index in [0.29, 0.717) is 0 Å². The summed E-state index contributed by atoms with van der Waals surface area (Å²) in [5.41, 5.74) is 0. The topological polar surface area (TPSA) is 129 Å². The van der Waals surface area contributed by atoms with E-state index >= 15 is 0 Å². The molecule has 0 aromatic carbocycles. The van der Waals surface area contributed by atoms with Crippen LogP contribution in [0, 0.1) is 6.92 Å². The SMILES string of the molecule is O=C(O)CC(C(=O)O)S(=O)(=O)O.[CH2-]CCCCCCCCCCCCCCCCCCCCC.[Na+]. The number of hydrogen-bond acceptors (Lipinski definition) is 4. The van der Waals surface area contributed by atoms with E-state index in [1.807, 2.05) is 0 Å². The molecule has 1 atom stereocenters. The second kappa shape index (κ2) is 28.4. The summed E-state index contributed by atoms with van der Waals surface area (Å²) in [5, 5.41) is 13.9. The molecule has 0 fully saturated rings. The first kappa shape index (κ1) is 39.4. The van der Waals surface area contributed by atoms with Gasteiger partial charge in [-0.3, -0.25) is 14.1 Å². The Balaban J connectivity index is -0.000000670. The van der Waals surface area contributed by atoms with E-state index in [0.717, 1.165) is 6.42 Å². The van der Waals surface area contributed by atoms with Gasteiger partial charge in [0.1, 0.15) is 0 Å². The largest absolute Gasteiger partial charge is 1.00 e. The average Bonchev–Trinajstić information content (AvgIpc) is 2.76. The Morgan fingerprint density at radius 2 is 0.943 bits per heavy atom. The number of rotatable bonds is 23.